The van der Waals surface area contributed by atoms with Gasteiger partial charge < -0.3 is 10.4 Å². The minimum absolute atomic E-state index is 0.118. The second-order valence-corrected chi connectivity index (χ2v) is 4.96. The molecule has 0 aliphatic rings. The molecule has 0 aliphatic heterocycles. The van der Waals surface area contributed by atoms with Crippen molar-refractivity contribution in [3.8, 4) is 0 Å². The third kappa shape index (κ3) is 4.77. The van der Waals surface area contributed by atoms with E-state index >= 15 is 0 Å². The fourth-order valence-corrected chi connectivity index (χ4v) is 1.55. The summed E-state index contributed by atoms with van der Waals surface area (Å²) >= 11 is 5.73. The summed E-state index contributed by atoms with van der Waals surface area (Å²) < 4.78 is 0. The number of anilines is 1. The van der Waals surface area contributed by atoms with Gasteiger partial charge >= 0.3 is 0 Å². The molecule has 0 amide bonds. The molecule has 0 atom stereocenters. The zero-order chi connectivity index (χ0) is 12.0. The highest BCUT2D eigenvalue weighted by molar-refractivity contribution is 6.29. The largest absolute Gasteiger partial charge is 0.396 e. The van der Waals surface area contributed by atoms with Crippen LogP contribution in [0.25, 0.3) is 0 Å². The van der Waals surface area contributed by atoms with Crippen LogP contribution in [0.4, 0.5) is 5.82 Å². The fourth-order valence-electron chi connectivity index (χ4n) is 1.40. The number of hydrogen-bond donors (Lipinski definition) is 2. The number of aliphatic hydroxyl groups excluding tert-OH is 1. The molecule has 1 heterocycles. The van der Waals surface area contributed by atoms with E-state index in [1.807, 2.05) is 0 Å². The molecule has 1 rings (SSSR count). The van der Waals surface area contributed by atoms with Gasteiger partial charge in [0.05, 0.1) is 12.4 Å². The maximum atomic E-state index is 8.79. The summed E-state index contributed by atoms with van der Waals surface area (Å²) in [6.45, 7) is 5.31. The molecular weight excluding hydrogens is 226 g/mol. The van der Waals surface area contributed by atoms with Gasteiger partial charge in [-0.15, -0.1) is 0 Å². The molecule has 0 spiro atoms. The number of nitrogens with zero attached hydrogens (tertiary/aromatic N) is 2. The van der Waals surface area contributed by atoms with E-state index in [1.54, 1.807) is 6.20 Å². The monoisotopic (exact) mass is 243 g/mol. The van der Waals surface area contributed by atoms with Crippen molar-refractivity contribution in [1.82, 2.24) is 9.97 Å². The Morgan fingerprint density at radius 3 is 2.81 bits per heavy atom. The summed E-state index contributed by atoms with van der Waals surface area (Å²) in [6, 6.07) is 0. The van der Waals surface area contributed by atoms with Gasteiger partial charge in [-0.1, -0.05) is 25.4 Å². The second-order valence-electron chi connectivity index (χ2n) is 4.57. The normalized spacial score (nSPS) is 11.5. The smallest absolute Gasteiger partial charge is 0.149 e. The Morgan fingerprint density at radius 1 is 1.44 bits per heavy atom. The van der Waals surface area contributed by atoms with Crippen molar-refractivity contribution in [3.05, 3.63) is 17.5 Å². The van der Waals surface area contributed by atoms with Crippen LogP contribution in [0.5, 0.6) is 0 Å². The molecule has 0 saturated carbocycles. The molecule has 0 bridgehead atoms. The molecule has 90 valence electrons. The summed E-state index contributed by atoms with van der Waals surface area (Å²) in [6.07, 6.45) is 4.93. The SMILES string of the molecule is CC(C)(CCCO)CNc1cncc(Cl)n1. The number of halogens is 1. The summed E-state index contributed by atoms with van der Waals surface area (Å²) in [4.78, 5) is 8.05. The van der Waals surface area contributed by atoms with E-state index in [-0.39, 0.29) is 12.0 Å². The first-order chi connectivity index (χ1) is 7.53. The average Bonchev–Trinajstić information content (AvgIpc) is 2.24. The molecule has 0 aliphatic carbocycles. The summed E-state index contributed by atoms with van der Waals surface area (Å²) in [5.41, 5.74) is 0.118. The third-order valence-corrected chi connectivity index (χ3v) is 2.55. The highest BCUT2D eigenvalue weighted by Gasteiger charge is 2.17. The van der Waals surface area contributed by atoms with Crippen molar-refractivity contribution in [1.29, 1.82) is 0 Å². The van der Waals surface area contributed by atoms with Crippen molar-refractivity contribution >= 4 is 17.4 Å². The fraction of sp³-hybridized carbons (Fsp3) is 0.636. The predicted molar refractivity (Wildman–Crippen MR) is 65.6 cm³/mol. The first-order valence-electron chi connectivity index (χ1n) is 5.36. The zero-order valence-electron chi connectivity index (χ0n) is 9.70. The van der Waals surface area contributed by atoms with Crippen LogP contribution in [-0.2, 0) is 0 Å². The van der Waals surface area contributed by atoms with Crippen LogP contribution in [0.15, 0.2) is 12.4 Å². The molecule has 1 aromatic rings. The minimum atomic E-state index is 0.118. The van der Waals surface area contributed by atoms with Crippen molar-refractivity contribution in [3.63, 3.8) is 0 Å². The molecule has 2 N–H and O–H groups in total. The molecular formula is C11H18ClN3O. The van der Waals surface area contributed by atoms with Crippen LogP contribution in [0.2, 0.25) is 5.15 Å². The Balaban J connectivity index is 2.44. The van der Waals surface area contributed by atoms with Gasteiger partial charge in [0.25, 0.3) is 0 Å². The summed E-state index contributed by atoms with van der Waals surface area (Å²) in [7, 11) is 0. The average molecular weight is 244 g/mol. The maximum absolute atomic E-state index is 8.79. The molecule has 0 radical (unpaired) electrons. The Hall–Kier alpha value is -0.870. The second kappa shape index (κ2) is 6.01. The molecule has 0 aromatic carbocycles. The minimum Gasteiger partial charge on any atom is -0.396 e. The number of aromatic nitrogens is 2. The van der Waals surface area contributed by atoms with Gasteiger partial charge in [-0.25, -0.2) is 4.98 Å². The van der Waals surface area contributed by atoms with Gasteiger partial charge in [0.1, 0.15) is 11.0 Å². The molecule has 1 aromatic heterocycles. The molecule has 16 heavy (non-hydrogen) atoms. The van der Waals surface area contributed by atoms with E-state index in [9.17, 15) is 0 Å². The molecule has 5 heteroatoms. The Kier molecular flexibility index (Phi) is 4.96. The number of rotatable bonds is 6. The highest BCUT2D eigenvalue weighted by atomic mass is 35.5. The summed E-state index contributed by atoms with van der Waals surface area (Å²) in [5, 5.41) is 12.4. The van der Waals surface area contributed by atoms with Crippen LogP contribution >= 0.6 is 11.6 Å². The van der Waals surface area contributed by atoms with Crippen LogP contribution in [0, 0.1) is 5.41 Å². The Labute approximate surface area is 101 Å². The quantitative estimate of drug-likeness (QED) is 0.805. The number of hydrogen-bond acceptors (Lipinski definition) is 4. The van der Waals surface area contributed by atoms with E-state index in [0.29, 0.717) is 11.0 Å². The first kappa shape index (κ1) is 13.2. The molecule has 0 unspecified atom stereocenters. The lowest BCUT2D eigenvalue weighted by molar-refractivity contribution is 0.248. The van der Waals surface area contributed by atoms with E-state index < -0.39 is 0 Å². The Bertz CT molecular complexity index is 331. The van der Waals surface area contributed by atoms with Crippen LogP contribution < -0.4 is 5.32 Å². The Morgan fingerprint density at radius 2 is 2.19 bits per heavy atom. The van der Waals surface area contributed by atoms with Crippen molar-refractivity contribution in [2.24, 2.45) is 5.41 Å². The van der Waals surface area contributed by atoms with Gasteiger partial charge in [-0.2, -0.15) is 0 Å². The lowest BCUT2D eigenvalue weighted by atomic mass is 9.88. The van der Waals surface area contributed by atoms with E-state index in [4.69, 9.17) is 16.7 Å². The van der Waals surface area contributed by atoms with Gasteiger partial charge in [-0.05, 0) is 18.3 Å². The third-order valence-electron chi connectivity index (χ3n) is 2.36. The number of nitrogens with one attached hydrogen (secondary N) is 1. The van der Waals surface area contributed by atoms with Crippen molar-refractivity contribution < 1.29 is 5.11 Å². The van der Waals surface area contributed by atoms with Gasteiger partial charge in [0, 0.05) is 13.2 Å². The van der Waals surface area contributed by atoms with Gasteiger partial charge in [-0.3, -0.25) is 4.98 Å². The van der Waals surface area contributed by atoms with E-state index in [0.717, 1.165) is 19.4 Å². The summed E-state index contributed by atoms with van der Waals surface area (Å²) in [5.74, 6) is 0.685. The van der Waals surface area contributed by atoms with Crippen molar-refractivity contribution in [2.45, 2.75) is 26.7 Å². The van der Waals surface area contributed by atoms with Crippen LogP contribution in [0.1, 0.15) is 26.7 Å². The first-order valence-corrected chi connectivity index (χ1v) is 5.73. The van der Waals surface area contributed by atoms with Crippen molar-refractivity contribution in [2.75, 3.05) is 18.5 Å². The lowest BCUT2D eigenvalue weighted by Crippen LogP contribution is -2.23. The van der Waals surface area contributed by atoms with Gasteiger partial charge in [0.15, 0.2) is 0 Å². The van der Waals surface area contributed by atoms with Gasteiger partial charge in [0.2, 0.25) is 0 Å². The maximum Gasteiger partial charge on any atom is 0.149 e. The standard InChI is InChI=1S/C11H18ClN3O/c1-11(2,4-3-5-16)8-14-10-7-13-6-9(12)15-10/h6-7,16H,3-5,8H2,1-2H3,(H,14,15). The van der Waals surface area contributed by atoms with Crippen LogP contribution in [-0.4, -0.2) is 28.2 Å². The van der Waals surface area contributed by atoms with Crippen LogP contribution in [0.3, 0.4) is 0 Å². The van der Waals surface area contributed by atoms with E-state index in [1.165, 1.54) is 6.20 Å². The predicted octanol–water partition coefficient (Wildman–Crippen LogP) is 2.34. The molecule has 0 fully saturated rings. The molecule has 0 saturated heterocycles. The topological polar surface area (TPSA) is 58.0 Å². The zero-order valence-corrected chi connectivity index (χ0v) is 10.5. The highest BCUT2D eigenvalue weighted by Crippen LogP contribution is 2.22. The lowest BCUT2D eigenvalue weighted by Gasteiger charge is -2.24. The molecule has 4 nitrogen and oxygen atoms in total. The van der Waals surface area contributed by atoms with E-state index in [2.05, 4.69) is 29.1 Å². The number of aliphatic hydroxyl groups is 1.